The average molecular weight is 308 g/mol. The van der Waals surface area contributed by atoms with Gasteiger partial charge in [0.15, 0.2) is 0 Å². The van der Waals surface area contributed by atoms with Gasteiger partial charge in [-0.1, -0.05) is 19.1 Å². The Morgan fingerprint density at radius 3 is 2.64 bits per heavy atom. The van der Waals surface area contributed by atoms with Crippen LogP contribution < -0.4 is 5.32 Å². The van der Waals surface area contributed by atoms with Crippen LogP contribution >= 0.6 is 0 Å². The molecule has 1 saturated carbocycles. The fourth-order valence-electron chi connectivity index (χ4n) is 3.22. The van der Waals surface area contributed by atoms with Gasteiger partial charge in [0, 0.05) is 18.3 Å². The molecule has 1 N–H and O–H groups in total. The molecule has 124 valence electrons. The van der Waals surface area contributed by atoms with Crippen LogP contribution in [0.4, 0.5) is 4.79 Å². The lowest BCUT2D eigenvalue weighted by Gasteiger charge is -2.42. The van der Waals surface area contributed by atoms with Crippen molar-refractivity contribution in [2.75, 3.05) is 0 Å². The molecule has 1 aromatic rings. The van der Waals surface area contributed by atoms with Crippen LogP contribution in [0, 0.1) is 11.3 Å². The molecule has 0 aliphatic heterocycles. The molecule has 1 aliphatic rings. The summed E-state index contributed by atoms with van der Waals surface area (Å²) >= 11 is 0. The molecule has 1 amide bonds. The fraction of sp³-hybridized carbons (Fsp3) is 0.812. The summed E-state index contributed by atoms with van der Waals surface area (Å²) in [5, 5.41) is 11.0. The molecule has 1 aromatic heterocycles. The normalized spacial score (nSPS) is 27.6. The molecule has 0 spiro atoms. The molecule has 1 fully saturated rings. The second kappa shape index (κ2) is 5.56. The maximum Gasteiger partial charge on any atom is 0.408 e. The Morgan fingerprint density at radius 1 is 1.41 bits per heavy atom. The number of aromatic nitrogens is 3. The third-order valence-electron chi connectivity index (χ3n) is 5.09. The maximum absolute atomic E-state index is 12.2. The third-order valence-corrected chi connectivity index (χ3v) is 5.09. The molecule has 0 aromatic carbocycles. The van der Waals surface area contributed by atoms with Crippen molar-refractivity contribution in [3.8, 4) is 0 Å². The van der Waals surface area contributed by atoms with E-state index in [-0.39, 0.29) is 17.0 Å². The second-order valence-corrected chi connectivity index (χ2v) is 8.04. The molecule has 0 bridgehead atoms. The van der Waals surface area contributed by atoms with Crippen LogP contribution in [0.3, 0.4) is 0 Å². The van der Waals surface area contributed by atoms with Gasteiger partial charge in [0.2, 0.25) is 0 Å². The molecule has 6 nitrogen and oxygen atoms in total. The standard InChI is InChI=1S/C16H28N4O2/c1-14(2,3)22-13(21)18-16(6)8-7-12(15(16,4)5)11-20-10-9-17-19-20/h9-10,12H,7-8,11H2,1-6H3,(H,18,21). The first-order valence-electron chi connectivity index (χ1n) is 7.89. The zero-order valence-corrected chi connectivity index (χ0v) is 14.5. The molecule has 6 heteroatoms. The van der Waals surface area contributed by atoms with E-state index in [1.807, 2.05) is 31.6 Å². The lowest BCUT2D eigenvalue weighted by molar-refractivity contribution is 0.0339. The van der Waals surface area contributed by atoms with Gasteiger partial charge in [0.1, 0.15) is 5.60 Å². The SMILES string of the molecule is CC(C)(C)OC(=O)NC1(C)CCC(Cn2ccnn2)C1(C)C. The number of ether oxygens (including phenoxy) is 1. The molecule has 0 saturated heterocycles. The predicted molar refractivity (Wildman–Crippen MR) is 84.3 cm³/mol. The van der Waals surface area contributed by atoms with Crippen molar-refractivity contribution >= 4 is 6.09 Å². The van der Waals surface area contributed by atoms with Crippen LogP contribution in [0.1, 0.15) is 54.4 Å². The molecule has 2 rings (SSSR count). The van der Waals surface area contributed by atoms with Crippen molar-refractivity contribution in [3.05, 3.63) is 12.4 Å². The summed E-state index contributed by atoms with van der Waals surface area (Å²) in [6.45, 7) is 13.0. The van der Waals surface area contributed by atoms with E-state index in [4.69, 9.17) is 4.74 Å². The van der Waals surface area contributed by atoms with Crippen LogP contribution in [0.2, 0.25) is 0 Å². The van der Waals surface area contributed by atoms with Crippen molar-refractivity contribution < 1.29 is 9.53 Å². The van der Waals surface area contributed by atoms with E-state index in [9.17, 15) is 4.79 Å². The molecule has 0 radical (unpaired) electrons. The van der Waals surface area contributed by atoms with E-state index < -0.39 is 5.60 Å². The summed E-state index contributed by atoms with van der Waals surface area (Å²) in [5.41, 5.74) is -0.834. The molecule has 1 aliphatic carbocycles. The molecular formula is C16H28N4O2. The quantitative estimate of drug-likeness (QED) is 0.932. The molecule has 22 heavy (non-hydrogen) atoms. The van der Waals surface area contributed by atoms with Gasteiger partial charge >= 0.3 is 6.09 Å². The first-order valence-corrected chi connectivity index (χ1v) is 7.89. The van der Waals surface area contributed by atoms with Gasteiger partial charge in [0.25, 0.3) is 0 Å². The van der Waals surface area contributed by atoms with Gasteiger partial charge in [-0.15, -0.1) is 5.10 Å². The van der Waals surface area contributed by atoms with E-state index >= 15 is 0 Å². The van der Waals surface area contributed by atoms with Gasteiger partial charge in [-0.3, -0.25) is 4.68 Å². The number of hydrogen-bond donors (Lipinski definition) is 1. The Balaban J connectivity index is 2.06. The van der Waals surface area contributed by atoms with E-state index in [0.29, 0.717) is 5.92 Å². The molecular weight excluding hydrogens is 280 g/mol. The minimum Gasteiger partial charge on any atom is -0.444 e. The highest BCUT2D eigenvalue weighted by atomic mass is 16.6. The Labute approximate surface area is 132 Å². The average Bonchev–Trinajstić information content (AvgIpc) is 2.90. The first-order chi connectivity index (χ1) is 10.0. The van der Waals surface area contributed by atoms with E-state index in [1.54, 1.807) is 6.20 Å². The molecule has 2 unspecified atom stereocenters. The highest BCUT2D eigenvalue weighted by Crippen LogP contribution is 2.50. The Bertz CT molecular complexity index is 519. The van der Waals surface area contributed by atoms with Crippen molar-refractivity contribution in [2.45, 2.75) is 72.1 Å². The summed E-state index contributed by atoms with van der Waals surface area (Å²) < 4.78 is 7.29. The Kier molecular flexibility index (Phi) is 4.24. The Hall–Kier alpha value is -1.59. The second-order valence-electron chi connectivity index (χ2n) is 8.04. The summed E-state index contributed by atoms with van der Waals surface area (Å²) in [6.07, 6.45) is 5.20. The number of nitrogens with zero attached hydrogens (tertiary/aromatic N) is 3. The van der Waals surface area contributed by atoms with Crippen molar-refractivity contribution in [1.82, 2.24) is 20.3 Å². The summed E-state index contributed by atoms with van der Waals surface area (Å²) in [4.78, 5) is 12.2. The number of rotatable bonds is 3. The van der Waals surface area contributed by atoms with Gasteiger partial charge in [-0.2, -0.15) is 0 Å². The minimum absolute atomic E-state index is 0.0597. The number of carbonyl (C=O) groups excluding carboxylic acids is 1. The zero-order valence-electron chi connectivity index (χ0n) is 14.5. The summed E-state index contributed by atoms with van der Waals surface area (Å²) in [7, 11) is 0. The van der Waals surface area contributed by atoms with Crippen LogP contribution in [-0.2, 0) is 11.3 Å². The smallest absolute Gasteiger partial charge is 0.408 e. The highest BCUT2D eigenvalue weighted by Gasteiger charge is 2.52. The Morgan fingerprint density at radius 2 is 2.09 bits per heavy atom. The zero-order chi connectivity index (χ0) is 16.6. The fourth-order valence-corrected chi connectivity index (χ4v) is 3.22. The van der Waals surface area contributed by atoms with Gasteiger partial charge in [-0.05, 0) is 51.9 Å². The van der Waals surface area contributed by atoms with Crippen molar-refractivity contribution in [1.29, 1.82) is 0 Å². The van der Waals surface area contributed by atoms with Gasteiger partial charge < -0.3 is 10.1 Å². The minimum atomic E-state index is -0.483. The lowest BCUT2D eigenvalue weighted by atomic mass is 9.71. The number of amides is 1. The lowest BCUT2D eigenvalue weighted by Crippen LogP contribution is -2.55. The monoisotopic (exact) mass is 308 g/mol. The first kappa shape index (κ1) is 16.8. The van der Waals surface area contributed by atoms with Crippen LogP contribution in [0.25, 0.3) is 0 Å². The van der Waals surface area contributed by atoms with E-state index in [2.05, 4.69) is 36.4 Å². The molecule has 1 heterocycles. The maximum atomic E-state index is 12.2. The van der Waals surface area contributed by atoms with Crippen LogP contribution in [-0.4, -0.2) is 32.2 Å². The summed E-state index contributed by atoms with van der Waals surface area (Å²) in [5.74, 6) is 0.425. The number of carbonyl (C=O) groups is 1. The predicted octanol–water partition coefficient (Wildman–Crippen LogP) is 3.00. The topological polar surface area (TPSA) is 69.0 Å². The van der Waals surface area contributed by atoms with Crippen molar-refractivity contribution in [2.24, 2.45) is 11.3 Å². The number of alkyl carbamates (subject to hydrolysis) is 1. The van der Waals surface area contributed by atoms with Crippen LogP contribution in [0.15, 0.2) is 12.4 Å². The largest absolute Gasteiger partial charge is 0.444 e. The van der Waals surface area contributed by atoms with Crippen molar-refractivity contribution in [3.63, 3.8) is 0 Å². The van der Waals surface area contributed by atoms with E-state index in [0.717, 1.165) is 19.4 Å². The highest BCUT2D eigenvalue weighted by molar-refractivity contribution is 5.69. The molecule has 2 atom stereocenters. The van der Waals surface area contributed by atoms with E-state index in [1.165, 1.54) is 0 Å². The summed E-state index contributed by atoms with van der Waals surface area (Å²) in [6, 6.07) is 0. The van der Waals surface area contributed by atoms with Gasteiger partial charge in [-0.25, -0.2) is 4.79 Å². The van der Waals surface area contributed by atoms with Crippen LogP contribution in [0.5, 0.6) is 0 Å². The third kappa shape index (κ3) is 3.42. The number of hydrogen-bond acceptors (Lipinski definition) is 4. The number of nitrogens with one attached hydrogen (secondary N) is 1. The van der Waals surface area contributed by atoms with Gasteiger partial charge in [0.05, 0.1) is 6.20 Å².